The van der Waals surface area contributed by atoms with Crippen LogP contribution in [0.25, 0.3) is 0 Å². The quantitative estimate of drug-likeness (QED) is 0.281. The van der Waals surface area contributed by atoms with E-state index in [0.717, 1.165) is 17.8 Å². The highest BCUT2D eigenvalue weighted by Gasteiger charge is 2.41. The Kier molecular flexibility index (Phi) is 7.14. The molecular formula is C14H24N4O2S. The summed E-state index contributed by atoms with van der Waals surface area (Å²) < 4.78 is 0. The molecule has 0 aromatic carbocycles. The fourth-order valence-corrected chi connectivity index (χ4v) is 3.12. The van der Waals surface area contributed by atoms with Crippen molar-refractivity contribution in [3.05, 3.63) is 16.6 Å². The lowest BCUT2D eigenvalue weighted by Crippen LogP contribution is -2.50. The molecule has 1 heterocycles. The second-order valence-corrected chi connectivity index (χ2v) is 5.98. The van der Waals surface area contributed by atoms with Crippen LogP contribution >= 0.6 is 11.3 Å². The molecule has 0 unspecified atom stereocenters. The van der Waals surface area contributed by atoms with Crippen molar-refractivity contribution < 1.29 is 10.0 Å². The van der Waals surface area contributed by atoms with E-state index in [2.05, 4.69) is 15.5 Å². The Morgan fingerprint density at radius 1 is 1.48 bits per heavy atom. The number of thiazole rings is 1. The molecule has 0 spiro atoms. The number of nitrogens with one attached hydrogen (secondary N) is 1. The third-order valence-corrected chi connectivity index (χ3v) is 4.33. The van der Waals surface area contributed by atoms with Gasteiger partial charge in [0.2, 0.25) is 5.91 Å². The van der Waals surface area contributed by atoms with Crippen LogP contribution in [0.4, 0.5) is 0 Å². The van der Waals surface area contributed by atoms with E-state index < -0.39 is 5.41 Å². The van der Waals surface area contributed by atoms with Gasteiger partial charge in [-0.3, -0.25) is 4.79 Å². The van der Waals surface area contributed by atoms with Crippen LogP contribution in [0.2, 0.25) is 0 Å². The van der Waals surface area contributed by atoms with Gasteiger partial charge in [-0.2, -0.15) is 0 Å². The topological polar surface area (TPSA) is 101 Å². The number of carbonyl (C=O) groups excluding carboxylic acids is 1. The van der Waals surface area contributed by atoms with Crippen molar-refractivity contribution in [2.24, 2.45) is 16.3 Å². The molecule has 0 saturated carbocycles. The lowest BCUT2D eigenvalue weighted by atomic mass is 9.77. The van der Waals surface area contributed by atoms with Crippen molar-refractivity contribution in [3.63, 3.8) is 0 Å². The molecule has 0 aliphatic rings. The summed E-state index contributed by atoms with van der Waals surface area (Å²) in [5.74, 6) is -0.170. The lowest BCUT2D eigenvalue weighted by Gasteiger charge is -2.30. The summed E-state index contributed by atoms with van der Waals surface area (Å²) in [5, 5.41) is 17.9. The minimum Gasteiger partial charge on any atom is -0.409 e. The lowest BCUT2D eigenvalue weighted by molar-refractivity contribution is -0.128. The fraction of sp³-hybridized carbons (Fsp3) is 0.643. The molecule has 0 aliphatic carbocycles. The minimum atomic E-state index is -0.916. The van der Waals surface area contributed by atoms with Crippen molar-refractivity contribution in [1.82, 2.24) is 10.3 Å². The largest absolute Gasteiger partial charge is 0.409 e. The molecule has 1 aromatic rings. The second-order valence-electron chi connectivity index (χ2n) is 5.00. The first-order chi connectivity index (χ1) is 10.1. The van der Waals surface area contributed by atoms with E-state index in [1.165, 1.54) is 0 Å². The molecule has 4 N–H and O–H groups in total. The fourth-order valence-electron chi connectivity index (χ4n) is 2.50. The van der Waals surface area contributed by atoms with Crippen molar-refractivity contribution >= 4 is 23.1 Å². The SMILES string of the molecule is CCCC(CCC)(C(=O)NCCc1nccs1)C(N)=NO. The summed E-state index contributed by atoms with van der Waals surface area (Å²) in [4.78, 5) is 16.8. The minimum absolute atomic E-state index is 0.00190. The number of hydrogen-bond acceptors (Lipinski definition) is 5. The number of amidine groups is 1. The maximum Gasteiger partial charge on any atom is 0.233 e. The Morgan fingerprint density at radius 3 is 2.62 bits per heavy atom. The summed E-state index contributed by atoms with van der Waals surface area (Å²) in [5.41, 5.74) is 4.90. The standard InChI is InChI=1S/C14H24N4O2S/c1-3-6-14(7-4-2,12(15)18-20)13(19)17-8-5-11-16-9-10-21-11/h9-10,20H,3-8H2,1-2H3,(H2,15,18)(H,17,19). The van der Waals surface area contributed by atoms with Gasteiger partial charge in [0.15, 0.2) is 5.84 Å². The van der Waals surface area contributed by atoms with Gasteiger partial charge < -0.3 is 16.3 Å². The summed E-state index contributed by atoms with van der Waals surface area (Å²) in [7, 11) is 0. The molecule has 0 aliphatic heterocycles. The van der Waals surface area contributed by atoms with Gasteiger partial charge in [0.25, 0.3) is 0 Å². The number of nitrogens with zero attached hydrogens (tertiary/aromatic N) is 2. The summed E-state index contributed by atoms with van der Waals surface area (Å²) in [6.45, 7) is 4.47. The van der Waals surface area contributed by atoms with Crippen LogP contribution in [0.15, 0.2) is 16.7 Å². The Hall–Kier alpha value is -1.63. The number of carbonyl (C=O) groups is 1. The Morgan fingerprint density at radius 2 is 2.14 bits per heavy atom. The molecule has 0 atom stereocenters. The van der Waals surface area contributed by atoms with E-state index in [-0.39, 0.29) is 11.7 Å². The molecule has 1 aromatic heterocycles. The zero-order valence-corrected chi connectivity index (χ0v) is 13.4. The zero-order chi connectivity index (χ0) is 15.7. The molecule has 0 radical (unpaired) electrons. The molecular weight excluding hydrogens is 288 g/mol. The number of aromatic nitrogens is 1. The Balaban J connectivity index is 2.74. The molecule has 1 rings (SSSR count). The Bertz CT molecular complexity index is 454. The molecule has 6 nitrogen and oxygen atoms in total. The summed E-state index contributed by atoms with van der Waals surface area (Å²) in [6, 6.07) is 0. The van der Waals surface area contributed by atoms with Crippen molar-refractivity contribution in [1.29, 1.82) is 0 Å². The average molecular weight is 312 g/mol. The number of amides is 1. The molecule has 7 heteroatoms. The van der Waals surface area contributed by atoms with Crippen LogP contribution in [-0.2, 0) is 11.2 Å². The zero-order valence-electron chi connectivity index (χ0n) is 12.6. The highest BCUT2D eigenvalue weighted by atomic mass is 32.1. The average Bonchev–Trinajstić information content (AvgIpc) is 2.99. The van der Waals surface area contributed by atoms with Gasteiger partial charge in [-0.1, -0.05) is 31.8 Å². The van der Waals surface area contributed by atoms with Crippen LogP contribution in [-0.4, -0.2) is 28.5 Å². The second kappa shape index (κ2) is 8.61. The van der Waals surface area contributed by atoms with Gasteiger partial charge in [0, 0.05) is 24.5 Å². The normalized spacial score (nSPS) is 12.4. The number of nitrogens with two attached hydrogens (primary N) is 1. The number of oxime groups is 1. The summed E-state index contributed by atoms with van der Waals surface area (Å²) in [6.07, 6.45) is 5.15. The highest BCUT2D eigenvalue weighted by molar-refractivity contribution is 7.09. The highest BCUT2D eigenvalue weighted by Crippen LogP contribution is 2.30. The van der Waals surface area contributed by atoms with Gasteiger partial charge in [-0.25, -0.2) is 4.98 Å². The Labute approximate surface area is 129 Å². The molecule has 0 fully saturated rings. The van der Waals surface area contributed by atoms with Gasteiger partial charge >= 0.3 is 0 Å². The maximum atomic E-state index is 12.6. The van der Waals surface area contributed by atoms with Crippen LogP contribution in [0.5, 0.6) is 0 Å². The number of hydrogen-bond donors (Lipinski definition) is 3. The molecule has 0 saturated heterocycles. The van der Waals surface area contributed by atoms with Crippen LogP contribution in [0.3, 0.4) is 0 Å². The van der Waals surface area contributed by atoms with Gasteiger partial charge in [0.1, 0.15) is 5.41 Å². The predicted molar refractivity (Wildman–Crippen MR) is 84.5 cm³/mol. The third-order valence-electron chi connectivity index (χ3n) is 3.49. The first-order valence-electron chi connectivity index (χ1n) is 7.25. The van der Waals surface area contributed by atoms with Crippen molar-refractivity contribution in [2.75, 3.05) is 6.54 Å². The predicted octanol–water partition coefficient (Wildman–Crippen LogP) is 2.13. The van der Waals surface area contributed by atoms with Crippen molar-refractivity contribution in [3.8, 4) is 0 Å². The van der Waals surface area contributed by atoms with E-state index >= 15 is 0 Å². The van der Waals surface area contributed by atoms with E-state index in [0.29, 0.717) is 25.8 Å². The third kappa shape index (κ3) is 4.42. The first-order valence-corrected chi connectivity index (χ1v) is 8.13. The van der Waals surface area contributed by atoms with Gasteiger partial charge in [0.05, 0.1) is 5.01 Å². The van der Waals surface area contributed by atoms with E-state index in [1.54, 1.807) is 17.5 Å². The van der Waals surface area contributed by atoms with Gasteiger partial charge in [-0.05, 0) is 12.8 Å². The maximum absolute atomic E-state index is 12.6. The molecule has 118 valence electrons. The van der Waals surface area contributed by atoms with E-state index in [4.69, 9.17) is 10.9 Å². The summed E-state index contributed by atoms with van der Waals surface area (Å²) >= 11 is 1.56. The van der Waals surface area contributed by atoms with Crippen LogP contribution in [0, 0.1) is 5.41 Å². The molecule has 1 amide bonds. The van der Waals surface area contributed by atoms with Gasteiger partial charge in [-0.15, -0.1) is 11.3 Å². The van der Waals surface area contributed by atoms with Crippen LogP contribution in [0.1, 0.15) is 44.5 Å². The van der Waals surface area contributed by atoms with Crippen molar-refractivity contribution in [2.45, 2.75) is 46.0 Å². The monoisotopic (exact) mass is 312 g/mol. The molecule has 21 heavy (non-hydrogen) atoms. The first kappa shape index (κ1) is 17.4. The number of rotatable bonds is 9. The van der Waals surface area contributed by atoms with E-state index in [9.17, 15) is 4.79 Å². The van der Waals surface area contributed by atoms with Crippen LogP contribution < -0.4 is 11.1 Å². The van der Waals surface area contributed by atoms with E-state index in [1.807, 2.05) is 19.2 Å². The smallest absolute Gasteiger partial charge is 0.233 e. The molecule has 0 bridgehead atoms.